The molecule has 1 aromatic carbocycles. The van der Waals surface area contributed by atoms with E-state index in [1.807, 2.05) is 25.1 Å². The molecule has 0 bridgehead atoms. The van der Waals surface area contributed by atoms with Gasteiger partial charge < -0.3 is 10.2 Å². The Labute approximate surface area is 203 Å². The number of imide groups is 1. The Balaban J connectivity index is 1.28. The highest BCUT2D eigenvalue weighted by Gasteiger charge is 2.26. The van der Waals surface area contributed by atoms with Gasteiger partial charge in [-0.1, -0.05) is 30.3 Å². The molecule has 8 nitrogen and oxygen atoms in total. The van der Waals surface area contributed by atoms with Crippen molar-refractivity contribution in [2.45, 2.75) is 26.3 Å². The average Bonchev–Trinajstić information content (AvgIpc) is 3.18. The number of aromatic nitrogens is 1. The fourth-order valence-electron chi connectivity index (χ4n) is 4.01. The van der Waals surface area contributed by atoms with Gasteiger partial charge in [0.25, 0.3) is 11.1 Å². The molecular weight excluding hydrogens is 448 g/mol. The molecule has 176 valence electrons. The number of likely N-dealkylation sites (tertiary alicyclic amines) is 1. The van der Waals surface area contributed by atoms with Crippen LogP contribution in [-0.4, -0.2) is 53.3 Å². The van der Waals surface area contributed by atoms with Gasteiger partial charge in [-0.25, -0.2) is 9.98 Å². The number of para-hydroxylation sites is 1. The molecule has 34 heavy (non-hydrogen) atoms. The third-order valence-electron chi connectivity index (χ3n) is 5.88. The zero-order valence-corrected chi connectivity index (χ0v) is 20.0. The monoisotopic (exact) mass is 476 g/mol. The minimum absolute atomic E-state index is 0.330. The van der Waals surface area contributed by atoms with E-state index >= 15 is 0 Å². The van der Waals surface area contributed by atoms with Crippen LogP contribution < -0.4 is 10.6 Å². The summed E-state index contributed by atoms with van der Waals surface area (Å²) in [6.45, 7) is 8.86. The van der Waals surface area contributed by atoms with Gasteiger partial charge in [-0.05, 0) is 68.9 Å². The maximum atomic E-state index is 11.8. The lowest BCUT2D eigenvalue weighted by Crippen LogP contribution is -2.40. The molecule has 2 amide bonds. The van der Waals surface area contributed by atoms with E-state index < -0.39 is 5.91 Å². The molecule has 9 heteroatoms. The average molecular weight is 477 g/mol. The first-order chi connectivity index (χ1) is 16.6. The molecule has 0 aliphatic carbocycles. The Morgan fingerprint density at radius 3 is 2.76 bits per heavy atom. The number of carbonyl (C=O) groups is 2. The number of hydrogen-bond donors (Lipinski definition) is 2. The van der Waals surface area contributed by atoms with Crippen LogP contribution in [0.15, 0.2) is 69.1 Å². The number of allylic oxidation sites excluding steroid dienone is 2. The third-order valence-corrected chi connectivity index (χ3v) is 6.69. The van der Waals surface area contributed by atoms with Crippen LogP contribution in [-0.2, 0) is 11.3 Å². The van der Waals surface area contributed by atoms with Gasteiger partial charge in [-0.15, -0.1) is 0 Å². The zero-order valence-electron chi connectivity index (χ0n) is 19.2. The van der Waals surface area contributed by atoms with Crippen LogP contribution in [0.5, 0.6) is 0 Å². The van der Waals surface area contributed by atoms with Crippen molar-refractivity contribution in [1.82, 2.24) is 20.5 Å². The van der Waals surface area contributed by atoms with E-state index in [-0.39, 0.29) is 5.24 Å². The first-order valence-electron chi connectivity index (χ1n) is 11.3. The number of aliphatic imine (C=N–C) groups is 2. The summed E-state index contributed by atoms with van der Waals surface area (Å²) in [6.07, 6.45) is 5.43. The lowest BCUT2D eigenvalue weighted by atomic mass is 9.97. The van der Waals surface area contributed by atoms with Gasteiger partial charge in [0.05, 0.1) is 21.8 Å². The van der Waals surface area contributed by atoms with Crippen molar-refractivity contribution in [3.63, 3.8) is 0 Å². The van der Waals surface area contributed by atoms with E-state index in [4.69, 9.17) is 4.98 Å². The highest BCUT2D eigenvalue weighted by molar-refractivity contribution is 8.18. The van der Waals surface area contributed by atoms with Gasteiger partial charge in [-0.3, -0.25) is 19.9 Å². The molecule has 2 aliphatic rings. The second kappa shape index (κ2) is 11.2. The summed E-state index contributed by atoms with van der Waals surface area (Å²) >= 11 is 0.874. The van der Waals surface area contributed by atoms with Crippen molar-refractivity contribution in [3.05, 3.63) is 64.8 Å². The Kier molecular flexibility index (Phi) is 7.87. The number of thioether (sulfide) groups is 1. The van der Waals surface area contributed by atoms with E-state index in [2.05, 4.69) is 50.4 Å². The number of benzene rings is 1. The van der Waals surface area contributed by atoms with Crippen molar-refractivity contribution < 1.29 is 9.59 Å². The number of nitrogens with one attached hydrogen (secondary N) is 2. The maximum Gasteiger partial charge on any atom is 0.290 e. The first-order valence-corrected chi connectivity index (χ1v) is 12.1. The number of pyridine rings is 1. The second-order valence-electron chi connectivity index (χ2n) is 8.19. The van der Waals surface area contributed by atoms with Crippen molar-refractivity contribution in [2.75, 3.05) is 19.6 Å². The normalized spacial score (nSPS) is 19.2. The van der Waals surface area contributed by atoms with Crippen LogP contribution in [0.2, 0.25) is 0 Å². The van der Waals surface area contributed by atoms with Crippen LogP contribution in [0.1, 0.15) is 25.5 Å². The lowest BCUT2D eigenvalue weighted by molar-refractivity contribution is -0.115. The molecule has 2 fully saturated rings. The molecule has 0 unspecified atom stereocenters. The molecule has 0 radical (unpaired) electrons. The summed E-state index contributed by atoms with van der Waals surface area (Å²) in [5.74, 6) is 0.701. The SMILES string of the molecule is C=NC(=NC(=CC)C=C1SC(=O)NC1=O)N1CCC(CNCc2ccc3ccccc3n2)CC1. The smallest absolute Gasteiger partial charge is 0.290 e. The number of amides is 2. The zero-order chi connectivity index (χ0) is 23.9. The Bertz CT molecular complexity index is 1180. The number of fused-ring (bicyclic) bond motifs is 1. The topological polar surface area (TPSA) is 99.0 Å². The fourth-order valence-corrected chi connectivity index (χ4v) is 4.67. The summed E-state index contributed by atoms with van der Waals surface area (Å²) in [4.78, 5) is 39.1. The summed E-state index contributed by atoms with van der Waals surface area (Å²) in [5.41, 5.74) is 2.64. The quantitative estimate of drug-likeness (QED) is 0.373. The largest absolute Gasteiger partial charge is 0.341 e. The van der Waals surface area contributed by atoms with Gasteiger partial charge >= 0.3 is 0 Å². The van der Waals surface area contributed by atoms with Crippen LogP contribution in [0, 0.1) is 5.92 Å². The molecule has 2 aromatic rings. The maximum absolute atomic E-state index is 11.8. The van der Waals surface area contributed by atoms with Crippen LogP contribution >= 0.6 is 11.8 Å². The molecule has 2 saturated heterocycles. The Hall–Kier alpha value is -3.30. The Morgan fingerprint density at radius 2 is 2.06 bits per heavy atom. The van der Waals surface area contributed by atoms with Crippen molar-refractivity contribution in [2.24, 2.45) is 15.9 Å². The summed E-state index contributed by atoms with van der Waals surface area (Å²) in [5, 5.41) is 6.59. The molecular formula is C25H28N6O2S. The summed E-state index contributed by atoms with van der Waals surface area (Å²) < 4.78 is 0. The molecule has 0 atom stereocenters. The van der Waals surface area contributed by atoms with E-state index in [0.717, 1.165) is 67.4 Å². The number of rotatable bonds is 6. The second-order valence-corrected chi connectivity index (χ2v) is 9.21. The van der Waals surface area contributed by atoms with Crippen LogP contribution in [0.3, 0.4) is 0 Å². The van der Waals surface area contributed by atoms with Gasteiger partial charge in [0.1, 0.15) is 0 Å². The van der Waals surface area contributed by atoms with Gasteiger partial charge in [0.2, 0.25) is 5.96 Å². The molecule has 4 rings (SSSR count). The minimum Gasteiger partial charge on any atom is -0.341 e. The lowest BCUT2D eigenvalue weighted by Gasteiger charge is -2.32. The molecule has 1 aromatic heterocycles. The number of piperidine rings is 1. The summed E-state index contributed by atoms with van der Waals surface area (Å²) in [7, 11) is 0. The molecule has 0 saturated carbocycles. The van der Waals surface area contributed by atoms with Crippen molar-refractivity contribution in [1.29, 1.82) is 0 Å². The fraction of sp³-hybridized carbons (Fsp3) is 0.320. The number of nitrogens with zero attached hydrogens (tertiary/aromatic N) is 4. The molecule has 2 N–H and O–H groups in total. The van der Waals surface area contributed by atoms with Gasteiger partial charge in [0, 0.05) is 25.0 Å². The number of hydrogen-bond acceptors (Lipinski definition) is 6. The first kappa shape index (κ1) is 23.8. The van der Waals surface area contributed by atoms with Crippen molar-refractivity contribution >= 4 is 46.5 Å². The van der Waals surface area contributed by atoms with E-state index in [9.17, 15) is 9.59 Å². The summed E-state index contributed by atoms with van der Waals surface area (Å²) in [6, 6.07) is 12.3. The van der Waals surface area contributed by atoms with E-state index in [1.165, 1.54) is 0 Å². The molecule has 2 aliphatic heterocycles. The number of guanidine groups is 1. The van der Waals surface area contributed by atoms with E-state index in [1.54, 1.807) is 12.2 Å². The standard InChI is InChI=1S/C25H28N6O2S/c1-3-19(14-22-23(32)30-25(33)34-22)29-24(26-2)31-12-10-17(11-13-31)15-27-16-20-9-8-18-6-4-5-7-21(18)28-20/h3-9,14,17,27H,2,10-13,15-16H2,1H3,(H,30,32,33). The van der Waals surface area contributed by atoms with Crippen molar-refractivity contribution in [3.8, 4) is 0 Å². The van der Waals surface area contributed by atoms with Gasteiger partial charge in [0.15, 0.2) is 0 Å². The van der Waals surface area contributed by atoms with Crippen LogP contribution in [0.4, 0.5) is 4.79 Å². The number of carbonyl (C=O) groups excluding carboxylic acids is 2. The van der Waals surface area contributed by atoms with Crippen LogP contribution in [0.25, 0.3) is 10.9 Å². The third kappa shape index (κ3) is 5.98. The molecule has 3 heterocycles. The van der Waals surface area contributed by atoms with Gasteiger partial charge in [-0.2, -0.15) is 0 Å². The highest BCUT2D eigenvalue weighted by Crippen LogP contribution is 2.25. The predicted molar refractivity (Wildman–Crippen MR) is 138 cm³/mol. The minimum atomic E-state index is -0.398. The predicted octanol–water partition coefficient (Wildman–Crippen LogP) is 3.86. The highest BCUT2D eigenvalue weighted by atomic mass is 32.2. The Morgan fingerprint density at radius 1 is 1.26 bits per heavy atom. The molecule has 0 spiro atoms. The van der Waals surface area contributed by atoms with E-state index in [0.29, 0.717) is 22.5 Å².